The maximum atomic E-state index is 12.9. The molecule has 1 N–H and O–H groups in total. The molecule has 1 saturated heterocycles. The summed E-state index contributed by atoms with van der Waals surface area (Å²) in [5.74, 6) is -0.206. The van der Waals surface area contributed by atoms with Gasteiger partial charge in [0.15, 0.2) is 6.19 Å². The molecule has 1 amide bonds. The third kappa shape index (κ3) is 3.61. The normalized spacial score (nSPS) is 21.0. The zero-order valence-corrected chi connectivity index (χ0v) is 18.0. The molecule has 1 fully saturated rings. The van der Waals surface area contributed by atoms with Crippen LogP contribution < -0.4 is 5.32 Å². The Bertz CT molecular complexity index is 1150. The van der Waals surface area contributed by atoms with E-state index in [0.29, 0.717) is 10.6 Å². The number of amides is 1. The van der Waals surface area contributed by atoms with Crippen molar-refractivity contribution in [3.8, 4) is 17.3 Å². The summed E-state index contributed by atoms with van der Waals surface area (Å²) in [5.41, 5.74) is 4.22. The van der Waals surface area contributed by atoms with Crippen molar-refractivity contribution in [3.05, 3.63) is 59.0 Å². The highest BCUT2D eigenvalue weighted by molar-refractivity contribution is 6.34. The molecule has 30 heavy (non-hydrogen) atoms. The molecular formula is C23H24ClN5O. The number of aryl methyl sites for hydroxylation is 1. The van der Waals surface area contributed by atoms with Crippen LogP contribution >= 0.6 is 11.6 Å². The number of rotatable bonds is 4. The Morgan fingerprint density at radius 1 is 1.30 bits per heavy atom. The van der Waals surface area contributed by atoms with Gasteiger partial charge in [-0.1, -0.05) is 24.6 Å². The van der Waals surface area contributed by atoms with Crippen LogP contribution in [0.2, 0.25) is 5.02 Å². The van der Waals surface area contributed by atoms with E-state index >= 15 is 0 Å². The number of imidazole rings is 1. The monoisotopic (exact) mass is 421 g/mol. The molecule has 1 aliphatic heterocycles. The van der Waals surface area contributed by atoms with Crippen molar-refractivity contribution in [3.63, 3.8) is 0 Å². The highest BCUT2D eigenvalue weighted by atomic mass is 35.5. The minimum absolute atomic E-state index is 0.0114. The number of halogens is 1. The molecule has 3 heterocycles. The van der Waals surface area contributed by atoms with Crippen LogP contribution in [-0.2, 0) is 0 Å². The van der Waals surface area contributed by atoms with Crippen LogP contribution in [0.1, 0.15) is 42.7 Å². The van der Waals surface area contributed by atoms with Gasteiger partial charge in [-0.05, 0) is 62.1 Å². The van der Waals surface area contributed by atoms with E-state index in [4.69, 9.17) is 11.6 Å². The lowest BCUT2D eigenvalue weighted by Gasteiger charge is -2.24. The van der Waals surface area contributed by atoms with E-state index < -0.39 is 0 Å². The van der Waals surface area contributed by atoms with Crippen molar-refractivity contribution in [1.82, 2.24) is 19.6 Å². The first-order valence-electron chi connectivity index (χ1n) is 10.2. The Kier molecular flexibility index (Phi) is 5.40. The van der Waals surface area contributed by atoms with Crippen LogP contribution in [0.5, 0.6) is 0 Å². The summed E-state index contributed by atoms with van der Waals surface area (Å²) >= 11 is 6.49. The van der Waals surface area contributed by atoms with E-state index in [0.717, 1.165) is 35.3 Å². The van der Waals surface area contributed by atoms with Crippen molar-refractivity contribution in [2.24, 2.45) is 0 Å². The summed E-state index contributed by atoms with van der Waals surface area (Å²) in [6, 6.07) is 9.50. The molecular weight excluding hydrogens is 398 g/mol. The van der Waals surface area contributed by atoms with Crippen molar-refractivity contribution in [2.75, 3.05) is 0 Å². The molecule has 4 rings (SSSR count). The van der Waals surface area contributed by atoms with E-state index in [9.17, 15) is 10.1 Å². The fourth-order valence-corrected chi connectivity index (χ4v) is 4.65. The lowest BCUT2D eigenvalue weighted by Crippen LogP contribution is -2.43. The number of benzene rings is 1. The topological polar surface area (TPSA) is 73.4 Å². The zero-order chi connectivity index (χ0) is 21.4. The molecule has 3 atom stereocenters. The second kappa shape index (κ2) is 8.00. The highest BCUT2D eigenvalue weighted by Crippen LogP contribution is 2.29. The Balaban J connectivity index is 1.55. The molecule has 0 saturated carbocycles. The van der Waals surface area contributed by atoms with Gasteiger partial charge in [0.2, 0.25) is 0 Å². The van der Waals surface area contributed by atoms with Gasteiger partial charge < -0.3 is 14.6 Å². The van der Waals surface area contributed by atoms with Crippen LogP contribution in [-0.4, -0.2) is 38.3 Å². The molecule has 1 aromatic carbocycles. The third-order valence-corrected chi connectivity index (χ3v) is 6.17. The number of likely N-dealkylation sites (tertiary alicyclic amines) is 1. The van der Waals surface area contributed by atoms with E-state index in [1.54, 1.807) is 11.0 Å². The van der Waals surface area contributed by atoms with E-state index in [1.807, 2.05) is 61.8 Å². The van der Waals surface area contributed by atoms with Crippen LogP contribution in [0.4, 0.5) is 0 Å². The van der Waals surface area contributed by atoms with Gasteiger partial charge in [0, 0.05) is 18.4 Å². The first-order valence-corrected chi connectivity index (χ1v) is 10.5. The van der Waals surface area contributed by atoms with Crippen molar-refractivity contribution >= 4 is 23.2 Å². The van der Waals surface area contributed by atoms with Gasteiger partial charge >= 0.3 is 0 Å². The number of nitrogens with zero attached hydrogens (tertiary/aromatic N) is 4. The average molecular weight is 422 g/mol. The molecule has 0 aliphatic carbocycles. The lowest BCUT2D eigenvalue weighted by molar-refractivity contribution is 0.0929. The smallest absolute Gasteiger partial charge is 0.253 e. The number of aromatic nitrogens is 2. The quantitative estimate of drug-likeness (QED) is 0.633. The Labute approximate surface area is 181 Å². The molecule has 7 heteroatoms. The SMILES string of the molecule is CC[C@@H]1[C@H](NC(=O)c2ccc(-c3ccc4nc(C)cn4c3)cc2Cl)C[C@H](C)N1C#N. The molecule has 154 valence electrons. The molecule has 0 spiro atoms. The number of carbonyl (C=O) groups excluding carboxylic acids is 1. The van der Waals surface area contributed by atoms with Gasteiger partial charge in [-0.3, -0.25) is 4.79 Å². The fourth-order valence-electron chi connectivity index (χ4n) is 4.38. The van der Waals surface area contributed by atoms with Gasteiger partial charge in [-0.15, -0.1) is 0 Å². The fraction of sp³-hybridized carbons (Fsp3) is 0.348. The number of hydrogen-bond donors (Lipinski definition) is 1. The predicted molar refractivity (Wildman–Crippen MR) is 117 cm³/mol. The van der Waals surface area contributed by atoms with Crippen molar-refractivity contribution in [1.29, 1.82) is 5.26 Å². The van der Waals surface area contributed by atoms with Gasteiger partial charge in [0.05, 0.1) is 28.4 Å². The van der Waals surface area contributed by atoms with Crippen LogP contribution in [0.25, 0.3) is 16.8 Å². The van der Waals surface area contributed by atoms with E-state index in [-0.39, 0.29) is 24.0 Å². The third-order valence-electron chi connectivity index (χ3n) is 5.86. The van der Waals surface area contributed by atoms with Crippen molar-refractivity contribution < 1.29 is 4.79 Å². The molecule has 0 radical (unpaired) electrons. The first-order chi connectivity index (χ1) is 14.4. The molecule has 0 unspecified atom stereocenters. The van der Waals surface area contributed by atoms with Gasteiger partial charge in [0.1, 0.15) is 5.65 Å². The number of nitriles is 1. The predicted octanol–water partition coefficient (Wildman–Crippen LogP) is 4.42. The van der Waals surface area contributed by atoms with E-state index in [2.05, 4.69) is 16.5 Å². The van der Waals surface area contributed by atoms with E-state index in [1.165, 1.54) is 0 Å². The molecule has 6 nitrogen and oxygen atoms in total. The van der Waals surface area contributed by atoms with Gasteiger partial charge in [0.25, 0.3) is 5.91 Å². The summed E-state index contributed by atoms with van der Waals surface area (Å²) in [7, 11) is 0. The van der Waals surface area contributed by atoms with Gasteiger partial charge in [-0.2, -0.15) is 5.26 Å². The maximum absolute atomic E-state index is 12.9. The molecule has 3 aromatic rings. The maximum Gasteiger partial charge on any atom is 0.253 e. The lowest BCUT2D eigenvalue weighted by atomic mass is 10.0. The van der Waals surface area contributed by atoms with Crippen LogP contribution in [0.3, 0.4) is 0 Å². The zero-order valence-electron chi connectivity index (χ0n) is 17.3. The number of carbonyl (C=O) groups is 1. The number of pyridine rings is 1. The summed E-state index contributed by atoms with van der Waals surface area (Å²) in [4.78, 5) is 19.1. The number of hydrogen-bond acceptors (Lipinski definition) is 4. The van der Waals surface area contributed by atoms with Gasteiger partial charge in [-0.25, -0.2) is 4.98 Å². The molecule has 1 aliphatic rings. The first kappa shape index (κ1) is 20.2. The number of fused-ring (bicyclic) bond motifs is 1. The standard InChI is InChI=1S/C23H24ClN5O/c1-4-21-20(9-15(3)29(21)13-25)27-23(30)18-7-5-16(10-19(18)24)17-6-8-22-26-14(2)11-28(22)12-17/h5-8,10-12,15,20-21H,4,9H2,1-3H3,(H,27,30)/t15-,20+,21+/m0/s1. The van der Waals surface area contributed by atoms with Crippen LogP contribution in [0, 0.1) is 18.4 Å². The summed E-state index contributed by atoms with van der Waals surface area (Å²) in [6.45, 7) is 6.01. The summed E-state index contributed by atoms with van der Waals surface area (Å²) < 4.78 is 1.98. The van der Waals surface area contributed by atoms with Crippen LogP contribution in [0.15, 0.2) is 42.7 Å². The Morgan fingerprint density at radius 3 is 2.77 bits per heavy atom. The summed E-state index contributed by atoms with van der Waals surface area (Å²) in [5, 5.41) is 12.9. The van der Waals surface area contributed by atoms with Crippen molar-refractivity contribution in [2.45, 2.75) is 51.7 Å². The Hall–Kier alpha value is -3.04. The molecule has 0 bridgehead atoms. The largest absolute Gasteiger partial charge is 0.347 e. The second-order valence-corrected chi connectivity index (χ2v) is 8.31. The minimum atomic E-state index is -0.206. The second-order valence-electron chi connectivity index (χ2n) is 7.91. The molecule has 2 aromatic heterocycles. The average Bonchev–Trinajstić information content (AvgIpc) is 3.24. The minimum Gasteiger partial charge on any atom is -0.347 e. The Morgan fingerprint density at radius 2 is 2.07 bits per heavy atom. The highest BCUT2D eigenvalue weighted by Gasteiger charge is 2.38. The summed E-state index contributed by atoms with van der Waals surface area (Å²) in [6.07, 6.45) is 7.78. The number of nitrogens with one attached hydrogen (secondary N) is 1.